The highest BCUT2D eigenvalue weighted by Crippen LogP contribution is 2.34. The summed E-state index contributed by atoms with van der Waals surface area (Å²) < 4.78 is 1.18. The normalized spacial score (nSPS) is 12.8. The molecule has 2 rings (SSSR count). The first-order valence-electron chi connectivity index (χ1n) is 5.75. The van der Waals surface area contributed by atoms with Gasteiger partial charge in [0.05, 0.1) is 5.02 Å². The zero-order valence-electron chi connectivity index (χ0n) is 10.1. The molecular weight excluding hydrogens is 268 g/mol. The Morgan fingerprint density at radius 3 is 2.89 bits per heavy atom. The van der Waals surface area contributed by atoms with Crippen LogP contribution in [-0.2, 0) is 11.3 Å². The molecule has 0 radical (unpaired) electrons. The molecule has 1 unspecified atom stereocenters. The summed E-state index contributed by atoms with van der Waals surface area (Å²) in [6.45, 7) is 2.60. The maximum atomic E-state index is 10.8. The number of nitrogens with two attached hydrogens (primary N) is 1. The van der Waals surface area contributed by atoms with E-state index in [-0.39, 0.29) is 11.9 Å². The van der Waals surface area contributed by atoms with Gasteiger partial charge in [0.1, 0.15) is 0 Å². The minimum atomic E-state index is -0.294. The molecule has 0 saturated carbocycles. The quantitative estimate of drug-likeness (QED) is 0.886. The Hall–Kier alpha value is -1.10. The Bertz CT molecular complexity index is 567. The summed E-state index contributed by atoms with van der Waals surface area (Å²) in [5.74, 6) is -0.294. The van der Waals surface area contributed by atoms with Gasteiger partial charge in [-0.25, -0.2) is 0 Å². The molecule has 3 N–H and O–H groups in total. The van der Waals surface area contributed by atoms with Crippen LogP contribution in [0.5, 0.6) is 0 Å². The fourth-order valence-corrected chi connectivity index (χ4v) is 3.27. The van der Waals surface area contributed by atoms with Crippen LogP contribution in [0.25, 0.3) is 10.1 Å². The molecule has 5 heteroatoms. The molecule has 1 heterocycles. The smallest absolute Gasteiger partial charge is 0.218 e. The van der Waals surface area contributed by atoms with E-state index in [9.17, 15) is 4.79 Å². The third kappa shape index (κ3) is 3.02. The van der Waals surface area contributed by atoms with Crippen molar-refractivity contribution in [1.29, 1.82) is 0 Å². The minimum absolute atomic E-state index is 0.0591. The summed E-state index contributed by atoms with van der Waals surface area (Å²) in [6, 6.07) is 8.12. The molecule has 1 aromatic heterocycles. The van der Waals surface area contributed by atoms with Gasteiger partial charge >= 0.3 is 0 Å². The van der Waals surface area contributed by atoms with Crippen molar-refractivity contribution in [2.45, 2.75) is 25.9 Å². The van der Waals surface area contributed by atoms with Crippen LogP contribution in [0.15, 0.2) is 24.3 Å². The molecule has 2 aromatic rings. The first-order valence-corrected chi connectivity index (χ1v) is 6.95. The molecule has 0 fully saturated rings. The van der Waals surface area contributed by atoms with Gasteiger partial charge in [0.25, 0.3) is 0 Å². The molecular formula is C13H15ClN2OS. The Balaban J connectivity index is 2.08. The highest BCUT2D eigenvalue weighted by Gasteiger charge is 2.11. The third-order valence-corrected chi connectivity index (χ3v) is 4.43. The van der Waals surface area contributed by atoms with Gasteiger partial charge in [-0.2, -0.15) is 0 Å². The van der Waals surface area contributed by atoms with Gasteiger partial charge < -0.3 is 11.1 Å². The Morgan fingerprint density at radius 1 is 1.50 bits per heavy atom. The summed E-state index contributed by atoms with van der Waals surface area (Å²) in [5, 5.41) is 5.14. The number of hydrogen-bond donors (Lipinski definition) is 2. The molecule has 3 nitrogen and oxygen atoms in total. The number of carbonyl (C=O) groups is 1. The topological polar surface area (TPSA) is 55.1 Å². The summed E-state index contributed by atoms with van der Waals surface area (Å²) in [7, 11) is 0. The van der Waals surface area contributed by atoms with Crippen LogP contribution in [0.2, 0.25) is 5.02 Å². The van der Waals surface area contributed by atoms with Crippen LogP contribution in [0.3, 0.4) is 0 Å². The predicted octanol–water partition coefficient (Wildman–Crippen LogP) is 2.91. The number of benzene rings is 1. The number of nitrogens with one attached hydrogen (secondary N) is 1. The summed E-state index contributed by atoms with van der Waals surface area (Å²) in [6.07, 6.45) is 0.336. The standard InChI is InChI=1S/C13H15ClN2OS/c1-8(6-12(15)17)16-7-11-13(14)9-4-2-3-5-10(9)18-11/h2-5,8,16H,6-7H2,1H3,(H2,15,17). The Morgan fingerprint density at radius 2 is 2.22 bits per heavy atom. The van der Waals surface area contributed by atoms with Crippen LogP contribution in [0.4, 0.5) is 0 Å². The van der Waals surface area contributed by atoms with Crippen LogP contribution in [-0.4, -0.2) is 11.9 Å². The summed E-state index contributed by atoms with van der Waals surface area (Å²) >= 11 is 8.00. The Kier molecular flexibility index (Phi) is 4.22. The van der Waals surface area contributed by atoms with Crippen molar-refractivity contribution < 1.29 is 4.79 Å². The van der Waals surface area contributed by atoms with Gasteiger partial charge in [-0.3, -0.25) is 4.79 Å². The average molecular weight is 283 g/mol. The van der Waals surface area contributed by atoms with E-state index in [1.54, 1.807) is 11.3 Å². The number of thiophene rings is 1. The molecule has 1 atom stereocenters. The number of carbonyl (C=O) groups excluding carboxylic acids is 1. The molecule has 0 bridgehead atoms. The van der Waals surface area contributed by atoms with Gasteiger partial charge in [0.15, 0.2) is 0 Å². The fourth-order valence-electron chi connectivity index (χ4n) is 1.82. The largest absolute Gasteiger partial charge is 0.370 e. The van der Waals surface area contributed by atoms with E-state index >= 15 is 0 Å². The van der Waals surface area contributed by atoms with Gasteiger partial charge in [0.2, 0.25) is 5.91 Å². The molecule has 0 aliphatic rings. The third-order valence-electron chi connectivity index (χ3n) is 2.72. The van der Waals surface area contributed by atoms with E-state index in [1.807, 2.05) is 25.1 Å². The van der Waals surface area contributed by atoms with Crippen molar-refractivity contribution in [1.82, 2.24) is 5.32 Å². The number of primary amides is 1. The van der Waals surface area contributed by atoms with Crippen molar-refractivity contribution in [3.8, 4) is 0 Å². The van der Waals surface area contributed by atoms with E-state index in [0.717, 1.165) is 15.3 Å². The van der Waals surface area contributed by atoms with E-state index in [4.69, 9.17) is 17.3 Å². The van der Waals surface area contributed by atoms with Gasteiger partial charge in [0, 0.05) is 34.0 Å². The molecule has 0 aliphatic carbocycles. The lowest BCUT2D eigenvalue weighted by Crippen LogP contribution is -2.30. The zero-order valence-corrected chi connectivity index (χ0v) is 11.6. The van der Waals surface area contributed by atoms with Gasteiger partial charge in [-0.15, -0.1) is 11.3 Å². The molecule has 0 aliphatic heterocycles. The molecule has 96 valence electrons. The monoisotopic (exact) mass is 282 g/mol. The van der Waals surface area contributed by atoms with Crippen molar-refractivity contribution in [3.63, 3.8) is 0 Å². The number of halogens is 1. The summed E-state index contributed by atoms with van der Waals surface area (Å²) in [5.41, 5.74) is 5.15. The Labute approximate surface area is 115 Å². The van der Waals surface area contributed by atoms with E-state index < -0.39 is 0 Å². The zero-order chi connectivity index (χ0) is 13.1. The van der Waals surface area contributed by atoms with Crippen molar-refractivity contribution >= 4 is 38.9 Å². The second-order valence-corrected chi connectivity index (χ2v) is 5.80. The maximum absolute atomic E-state index is 10.8. The molecule has 0 spiro atoms. The number of hydrogen-bond acceptors (Lipinski definition) is 3. The van der Waals surface area contributed by atoms with Crippen LogP contribution in [0, 0.1) is 0 Å². The van der Waals surface area contributed by atoms with E-state index in [0.29, 0.717) is 13.0 Å². The number of rotatable bonds is 5. The van der Waals surface area contributed by atoms with Crippen LogP contribution < -0.4 is 11.1 Å². The first-order chi connectivity index (χ1) is 8.58. The van der Waals surface area contributed by atoms with Crippen LogP contribution >= 0.6 is 22.9 Å². The lowest BCUT2D eigenvalue weighted by molar-refractivity contribution is -0.118. The SMILES string of the molecule is CC(CC(N)=O)NCc1sc2ccccc2c1Cl. The van der Waals surface area contributed by atoms with Gasteiger partial charge in [-0.1, -0.05) is 29.8 Å². The second-order valence-electron chi connectivity index (χ2n) is 4.29. The van der Waals surface area contributed by atoms with Crippen molar-refractivity contribution in [2.75, 3.05) is 0 Å². The predicted molar refractivity (Wildman–Crippen MR) is 76.9 cm³/mol. The summed E-state index contributed by atoms with van der Waals surface area (Å²) in [4.78, 5) is 11.9. The maximum Gasteiger partial charge on any atom is 0.218 e. The van der Waals surface area contributed by atoms with E-state index in [2.05, 4.69) is 11.4 Å². The molecule has 18 heavy (non-hydrogen) atoms. The van der Waals surface area contributed by atoms with E-state index in [1.165, 1.54) is 4.70 Å². The van der Waals surface area contributed by atoms with Crippen LogP contribution in [0.1, 0.15) is 18.2 Å². The number of amides is 1. The van der Waals surface area contributed by atoms with Crippen molar-refractivity contribution in [2.24, 2.45) is 5.73 Å². The van der Waals surface area contributed by atoms with Crippen molar-refractivity contribution in [3.05, 3.63) is 34.2 Å². The number of fused-ring (bicyclic) bond motifs is 1. The lowest BCUT2D eigenvalue weighted by atomic mass is 10.2. The molecule has 1 amide bonds. The fraction of sp³-hybridized carbons (Fsp3) is 0.308. The average Bonchev–Trinajstić information content (AvgIpc) is 2.64. The minimum Gasteiger partial charge on any atom is -0.370 e. The highest BCUT2D eigenvalue weighted by molar-refractivity contribution is 7.19. The van der Waals surface area contributed by atoms with Gasteiger partial charge in [-0.05, 0) is 13.0 Å². The lowest BCUT2D eigenvalue weighted by Gasteiger charge is -2.10. The highest BCUT2D eigenvalue weighted by atomic mass is 35.5. The molecule has 0 saturated heterocycles. The first kappa shape index (κ1) is 13.3. The molecule has 1 aromatic carbocycles. The second kappa shape index (κ2) is 5.69.